The van der Waals surface area contributed by atoms with Gasteiger partial charge < -0.3 is 112 Å². The molecule has 53 heteroatoms. The standard InChI is InChI=1S/C27H43F2N5O12P2.C25H39F2N5O12P2.C17H25F2N5O4/c1-8-30-23-32-20-19(21(33-23)38-9-2)31-13-34(20)22-26(7,28)18(10-11-35)27(29,46-22)12-41-48(47,42-14-39-24(36)44-16(3)4)43-15-40-25(37)45-17(5)6;1-7-36-19-17-18(30-21(28)31-19)32(11-29-17)20-24(6,26)16(8-9-33)25(27,44-20)10-39-46(45,40-12-37-22(34)42-14(2)3)41-13-38-23(35)43-15(4)5;1-4-20-15-22-12-11(13(23-15)27-5-2)21-9-24(12)14-16(3,18)10(6-7-25)17(19,8-26)28-14/h13,16-18,22,35,47H,8-12,14-15H2,1-7H3,(H,30,32,33);11,14-16,20,33,45H,7-10,12-13H2,1-6H3,(H2,28,30,31);9-10,14,25-26H,4-8H2,1-3H3,(H,20,22,23)/t18-,22+,26+,27+;16-,20+,24+,25+;10-,14+,16+,17+/m000/s1/i1T,35T;33T;1T,25T. The van der Waals surface area contributed by atoms with Gasteiger partial charge in [-0.2, -0.15) is 29.9 Å². The van der Waals surface area contributed by atoms with Gasteiger partial charge in [0, 0.05) is 35.7 Å². The molecule has 3 aliphatic rings. The van der Waals surface area contributed by atoms with Crippen molar-refractivity contribution >= 4 is 107 Å². The number of imidazole rings is 3. The second-order valence-corrected chi connectivity index (χ2v) is 34.8. The van der Waals surface area contributed by atoms with Gasteiger partial charge in [-0.1, -0.05) is 0 Å². The molecule has 0 saturated carbocycles. The highest BCUT2D eigenvalue weighted by atomic mass is 31.8. The molecule has 0 unspecified atom stereocenters. The molecule has 122 heavy (non-hydrogen) atoms. The molecule has 9 heterocycles. The number of fused-ring (bicyclic) bond motifs is 3. The molecule has 9 rings (SSSR count). The van der Waals surface area contributed by atoms with Crippen LogP contribution < -0.4 is 30.6 Å². The largest absolute Gasteiger partial charge is 0.510 e. The van der Waals surface area contributed by atoms with E-state index in [-0.39, 0.29) is 148 Å². The van der Waals surface area contributed by atoms with Crippen molar-refractivity contribution in [3.8, 4) is 17.6 Å². The number of nitrogens with zero attached hydrogens (tertiary/aromatic N) is 12. The zero-order valence-electron chi connectivity index (χ0n) is 74.2. The summed E-state index contributed by atoms with van der Waals surface area (Å²) in [6, 6.07) is 0. The first-order valence-electron chi connectivity index (χ1n) is 40.5. The lowest BCUT2D eigenvalue weighted by Gasteiger charge is -2.31. The summed E-state index contributed by atoms with van der Waals surface area (Å²) in [6.07, 6.45) is -8.55. The van der Waals surface area contributed by atoms with E-state index in [1.165, 1.54) is 35.0 Å². The van der Waals surface area contributed by atoms with E-state index in [2.05, 4.69) is 87.9 Å². The van der Waals surface area contributed by atoms with E-state index < -0.39 is 181 Å². The number of nitrogens with two attached hydrogens (primary N) is 1. The Balaban J connectivity index is 0.000000269. The fourth-order valence-corrected chi connectivity index (χ4v) is 15.5. The van der Waals surface area contributed by atoms with Crippen LogP contribution in [0.5, 0.6) is 17.6 Å². The van der Waals surface area contributed by atoms with Crippen molar-refractivity contribution in [2.24, 2.45) is 17.8 Å². The normalized spacial score (nSPS) is 25.1. The smallest absolute Gasteiger partial charge is 0.476 e. The molecular weight excluding hydrogens is 1720 g/mol. The SMILES string of the molecule is [3H]CCNc1nc(OCC)c2ncn([C@@H]3O[C@](F)(CO)[C@@H](CCO[3H])[C@@]3(C)F)c2n1.[3H]CCNc1nc(OCC)c2ncn([C@@H]3O[C@](F)(COP(=P)(OCOC(=O)OC(C)C)OCOC(=O)OC(C)C)[C@@H](CCO[3H])[C@@]3(C)F)c2n1.[3H]OCC[C@H]1[C@@](C)(F)[C@H](n2cnc3c(OCC)nc(N)nc32)O[C@]1(F)COP(=P)(OCOC(=O)OC(C)C)OCOC(=O)OC(C)C. The minimum atomic E-state index is -3.94. The van der Waals surface area contributed by atoms with Crippen molar-refractivity contribution in [2.45, 2.75) is 208 Å². The molecule has 43 nitrogen and oxygen atoms in total. The lowest BCUT2D eigenvalue weighted by molar-refractivity contribution is -0.195. The molecule has 0 amide bonds. The summed E-state index contributed by atoms with van der Waals surface area (Å²) >= 11 is 0. The van der Waals surface area contributed by atoms with E-state index in [4.69, 9.17) is 106 Å². The summed E-state index contributed by atoms with van der Waals surface area (Å²) in [7, 11) is -1.54. The molecule has 0 aliphatic carbocycles. The Morgan fingerprint density at radius 3 is 1.08 bits per heavy atom. The topological polar surface area (TPSA) is 515 Å². The van der Waals surface area contributed by atoms with E-state index in [0.717, 1.165) is 18.4 Å². The zero-order chi connectivity index (χ0) is 94.0. The van der Waals surface area contributed by atoms with Crippen LogP contribution in [0, 0.1) is 17.8 Å². The molecule has 0 aromatic carbocycles. The van der Waals surface area contributed by atoms with E-state index in [0.29, 0.717) is 6.61 Å². The Kier molecular flexibility index (Phi) is 33.8. The number of aliphatic hydroxyl groups is 4. The number of aromatic nitrogens is 12. The highest BCUT2D eigenvalue weighted by molar-refractivity contribution is 7.89. The molecule has 0 spiro atoms. The van der Waals surface area contributed by atoms with Gasteiger partial charge in [0.1, 0.15) is 19.8 Å². The number of hydrogen-bond donors (Lipinski definition) is 7. The maximum atomic E-state index is 17.0. The number of rotatable bonds is 45. The van der Waals surface area contributed by atoms with Crippen molar-refractivity contribution in [1.82, 2.24) is 58.6 Å². The maximum absolute atomic E-state index is 17.0. The Morgan fingerprint density at radius 2 is 0.795 bits per heavy atom. The molecule has 6 aromatic rings. The molecule has 688 valence electrons. The van der Waals surface area contributed by atoms with E-state index in [1.54, 1.807) is 76.2 Å². The number of hydrogen-bond acceptors (Lipinski definition) is 40. The fourth-order valence-electron chi connectivity index (χ4n) is 12.5. The summed E-state index contributed by atoms with van der Waals surface area (Å²) in [5.74, 6) is -13.0. The number of aliphatic hydroxyl groups excluding tert-OH is 4. The number of halogens is 6. The molecule has 3 saturated heterocycles. The predicted octanol–water partition coefficient (Wildman–Crippen LogP) is 11.7. The highest BCUT2D eigenvalue weighted by Gasteiger charge is 2.67. The molecule has 12 atom stereocenters. The summed E-state index contributed by atoms with van der Waals surface area (Å²) in [5, 5.41) is 28.3. The average Bonchev–Trinajstić information content (AvgIpc) is 1.58. The van der Waals surface area contributed by atoms with Gasteiger partial charge in [-0.05, 0) is 147 Å². The van der Waals surface area contributed by atoms with Crippen LogP contribution in [0.15, 0.2) is 19.0 Å². The first-order valence-corrected chi connectivity index (χ1v) is 43.7. The van der Waals surface area contributed by atoms with Crippen LogP contribution in [0.2, 0.25) is 0 Å². The highest BCUT2D eigenvalue weighted by Crippen LogP contribution is 2.62. The summed E-state index contributed by atoms with van der Waals surface area (Å²) in [6.45, 7) is 15.1. The third kappa shape index (κ3) is 25.4. The third-order valence-electron chi connectivity index (χ3n) is 17.6. The molecular formula is C69H107F6N15O28P4. The van der Waals surface area contributed by atoms with Gasteiger partial charge in [0.15, 0.2) is 69.2 Å². The van der Waals surface area contributed by atoms with Crippen LogP contribution >= 0.6 is 31.5 Å². The van der Waals surface area contributed by atoms with Crippen LogP contribution in [-0.4, -0.2) is 267 Å². The van der Waals surface area contributed by atoms with Crippen LogP contribution in [0.25, 0.3) is 33.5 Å². The van der Waals surface area contributed by atoms with Gasteiger partial charge in [-0.15, -0.1) is 0 Å². The quantitative estimate of drug-likeness (QED) is 0.00614. The van der Waals surface area contributed by atoms with Crippen LogP contribution in [0.1, 0.15) is 151 Å². The van der Waals surface area contributed by atoms with Crippen LogP contribution in [-0.2, 0) is 79.2 Å². The lowest BCUT2D eigenvalue weighted by atomic mass is 9.84. The Morgan fingerprint density at radius 1 is 0.500 bits per heavy atom. The zero-order valence-corrected chi connectivity index (χ0v) is 73.0. The average molecular weight is 1840 g/mol. The summed E-state index contributed by atoms with van der Waals surface area (Å²) in [4.78, 5) is 85.4. The fraction of sp³-hybridized carbons (Fsp3) is 0.725. The predicted molar refractivity (Wildman–Crippen MR) is 422 cm³/mol. The van der Waals surface area contributed by atoms with E-state index >= 15 is 26.3 Å². The van der Waals surface area contributed by atoms with Crippen molar-refractivity contribution in [1.29, 1.82) is 4.29 Å². The third-order valence-corrected chi connectivity index (χ3v) is 22.6. The number of anilines is 3. The van der Waals surface area contributed by atoms with E-state index in [9.17, 15) is 24.3 Å². The molecule has 0 bridgehead atoms. The van der Waals surface area contributed by atoms with Gasteiger partial charge in [0.2, 0.25) is 84.5 Å². The lowest BCUT2D eigenvalue weighted by Crippen LogP contribution is -2.42. The van der Waals surface area contributed by atoms with Gasteiger partial charge in [-0.3, -0.25) is 31.8 Å². The second kappa shape index (κ2) is 44.3. The van der Waals surface area contributed by atoms with Gasteiger partial charge in [-0.25, -0.2) is 60.5 Å². The van der Waals surface area contributed by atoms with Crippen molar-refractivity contribution in [2.75, 3.05) is 116 Å². The molecule has 3 aliphatic heterocycles. The monoisotopic (exact) mass is 1840 g/mol. The first kappa shape index (κ1) is 93.2. The second-order valence-electron chi connectivity index (χ2n) is 28.0. The minimum absolute atomic E-state index is 0.0000144. The number of carbonyl (C=O) groups excluding carboxylic acids is 4. The van der Waals surface area contributed by atoms with Crippen LogP contribution in [0.4, 0.5) is 63.4 Å². The number of alkyl halides is 6. The summed E-state index contributed by atoms with van der Waals surface area (Å²) < 4.78 is 243. The van der Waals surface area contributed by atoms with Crippen LogP contribution in [0.3, 0.4) is 0 Å². The number of nitrogen functional groups attached to an aromatic ring is 1. The maximum Gasteiger partial charge on any atom is 0.510 e. The number of carbonyl (C=O) groups is 4. The first-order chi connectivity index (χ1) is 59.9. The van der Waals surface area contributed by atoms with Crippen molar-refractivity contribution < 1.29 is 162 Å². The van der Waals surface area contributed by atoms with Gasteiger partial charge in [0.05, 0.1) is 81.0 Å². The molecule has 0 radical (unpaired) electrons. The molecule has 3 fully saturated rings. The minimum Gasteiger partial charge on any atom is -0.476 e. The van der Waals surface area contributed by atoms with Crippen molar-refractivity contribution in [3.63, 3.8) is 0 Å². The molecule has 6 aromatic heterocycles. The van der Waals surface area contributed by atoms with Gasteiger partial charge in [0.25, 0.3) is 14.5 Å². The van der Waals surface area contributed by atoms with Crippen molar-refractivity contribution in [3.05, 3.63) is 19.0 Å². The Labute approximate surface area is 708 Å². The van der Waals surface area contributed by atoms with E-state index in [1.807, 2.05) is 0 Å². The number of ether oxygens (including phenoxy) is 14. The number of nitrogens with one attached hydrogen (secondary N) is 2. The molecule has 8 N–H and O–H groups in total. The Bertz CT molecular complexity index is 4590. The van der Waals surface area contributed by atoms with Gasteiger partial charge >= 0.3 is 24.6 Å². The Hall–Kier alpha value is -7.95. The summed E-state index contributed by atoms with van der Waals surface area (Å²) in [5.41, 5.74) is -0.782.